The normalized spacial score (nSPS) is 13.6. The van der Waals surface area contributed by atoms with Gasteiger partial charge in [0.1, 0.15) is 29.8 Å². The smallest absolute Gasteiger partial charge is 0.384 e. The summed E-state index contributed by atoms with van der Waals surface area (Å²) in [6, 6.07) is 10.0. The molecule has 42 heavy (non-hydrogen) atoms. The molecule has 4 heterocycles. The standard InChI is InChI=1S/C31H31FN6O4/c1-5-7-17-41-19-37-29-25(31(3,4)30(37)40)23(14-15-24(39)42-6-2)34-27(35-29)26-21-12-10-16-33-28(21)38(36-26)18-20-11-8-9-13-22(20)32/h8-13,16H,5-7,17-19H2,1-4H3. The number of hydrogen-bond donors (Lipinski definition) is 0. The number of halogens is 1. The maximum Gasteiger partial charge on any atom is 0.384 e. The van der Waals surface area contributed by atoms with Gasteiger partial charge in [-0.2, -0.15) is 5.10 Å². The van der Waals surface area contributed by atoms with Crippen LogP contribution >= 0.6 is 0 Å². The molecule has 10 nitrogen and oxygen atoms in total. The van der Waals surface area contributed by atoms with Crippen LogP contribution in [-0.4, -0.2) is 56.6 Å². The van der Waals surface area contributed by atoms with Gasteiger partial charge in [0.15, 0.2) is 11.5 Å². The maximum atomic E-state index is 14.5. The summed E-state index contributed by atoms with van der Waals surface area (Å²) in [6.07, 6.45) is 3.43. The Balaban J connectivity index is 1.68. The van der Waals surface area contributed by atoms with Crippen molar-refractivity contribution in [3.05, 3.63) is 65.2 Å². The minimum Gasteiger partial charge on any atom is -0.456 e. The number of fused-ring (bicyclic) bond motifs is 2. The number of benzene rings is 1. The number of pyridine rings is 1. The zero-order valence-corrected chi connectivity index (χ0v) is 24.0. The van der Waals surface area contributed by atoms with Crippen molar-refractivity contribution in [1.29, 1.82) is 0 Å². The van der Waals surface area contributed by atoms with Crippen LogP contribution in [0, 0.1) is 17.7 Å². The molecular formula is C31H31FN6O4. The number of aromatic nitrogens is 5. The molecule has 0 radical (unpaired) electrons. The van der Waals surface area contributed by atoms with Crippen molar-refractivity contribution in [2.45, 2.75) is 52.5 Å². The van der Waals surface area contributed by atoms with E-state index in [1.54, 1.807) is 55.9 Å². The molecule has 3 aromatic heterocycles. The molecule has 0 saturated heterocycles. The van der Waals surface area contributed by atoms with Crippen molar-refractivity contribution in [2.75, 3.05) is 24.8 Å². The van der Waals surface area contributed by atoms with E-state index in [2.05, 4.69) is 23.7 Å². The molecule has 0 atom stereocenters. The summed E-state index contributed by atoms with van der Waals surface area (Å²) < 4.78 is 26.9. The van der Waals surface area contributed by atoms with Crippen LogP contribution in [0.5, 0.6) is 0 Å². The summed E-state index contributed by atoms with van der Waals surface area (Å²) in [7, 11) is 0. The Bertz CT molecular complexity index is 1720. The van der Waals surface area contributed by atoms with Gasteiger partial charge in [0, 0.05) is 29.9 Å². The molecule has 0 bridgehead atoms. The molecule has 0 unspecified atom stereocenters. The second-order valence-corrected chi connectivity index (χ2v) is 10.3. The highest BCUT2D eigenvalue weighted by Gasteiger charge is 2.47. The Hall–Kier alpha value is -4.69. The molecule has 0 spiro atoms. The van der Waals surface area contributed by atoms with E-state index in [4.69, 9.17) is 24.5 Å². The number of anilines is 1. The number of ether oxygens (including phenoxy) is 2. The van der Waals surface area contributed by atoms with Crippen LogP contribution in [0.1, 0.15) is 57.4 Å². The number of carbonyl (C=O) groups is 2. The van der Waals surface area contributed by atoms with Crippen molar-refractivity contribution in [2.24, 2.45) is 0 Å². The molecule has 0 fully saturated rings. The summed E-state index contributed by atoms with van der Waals surface area (Å²) in [5, 5.41) is 5.37. The van der Waals surface area contributed by atoms with Crippen LogP contribution in [0.2, 0.25) is 0 Å². The lowest BCUT2D eigenvalue weighted by molar-refractivity contribution is -0.136. The summed E-state index contributed by atoms with van der Waals surface area (Å²) >= 11 is 0. The fourth-order valence-corrected chi connectivity index (χ4v) is 4.83. The number of amides is 1. The van der Waals surface area contributed by atoms with Gasteiger partial charge in [-0.05, 0) is 51.3 Å². The largest absolute Gasteiger partial charge is 0.456 e. The topological polar surface area (TPSA) is 112 Å². The van der Waals surface area contributed by atoms with E-state index in [0.29, 0.717) is 40.3 Å². The van der Waals surface area contributed by atoms with E-state index in [9.17, 15) is 14.0 Å². The third-order valence-electron chi connectivity index (χ3n) is 6.97. The Morgan fingerprint density at radius 1 is 1.12 bits per heavy atom. The lowest BCUT2D eigenvalue weighted by Gasteiger charge is -2.19. The number of nitrogens with zero attached hydrogens (tertiary/aromatic N) is 6. The molecule has 1 amide bonds. The summed E-state index contributed by atoms with van der Waals surface area (Å²) in [6.45, 7) is 8.06. The van der Waals surface area contributed by atoms with Crippen molar-refractivity contribution in [3.63, 3.8) is 0 Å². The second kappa shape index (κ2) is 12.0. The van der Waals surface area contributed by atoms with Crippen LogP contribution < -0.4 is 4.90 Å². The highest BCUT2D eigenvalue weighted by Crippen LogP contribution is 2.43. The molecule has 1 aliphatic heterocycles. The molecule has 11 heteroatoms. The zero-order chi connectivity index (χ0) is 29.9. The minimum atomic E-state index is -1.03. The second-order valence-electron chi connectivity index (χ2n) is 10.3. The van der Waals surface area contributed by atoms with Crippen LogP contribution in [0.15, 0.2) is 42.6 Å². The van der Waals surface area contributed by atoms with E-state index in [1.807, 2.05) is 6.07 Å². The fourth-order valence-electron chi connectivity index (χ4n) is 4.83. The maximum absolute atomic E-state index is 14.5. The highest BCUT2D eigenvalue weighted by molar-refractivity contribution is 6.07. The van der Waals surface area contributed by atoms with E-state index >= 15 is 0 Å². The average Bonchev–Trinajstić information content (AvgIpc) is 3.43. The summed E-state index contributed by atoms with van der Waals surface area (Å²) in [4.78, 5) is 41.3. The molecule has 5 rings (SSSR count). The van der Waals surface area contributed by atoms with Crippen LogP contribution in [-0.2, 0) is 31.0 Å². The van der Waals surface area contributed by atoms with Gasteiger partial charge in [-0.1, -0.05) is 31.5 Å². The van der Waals surface area contributed by atoms with E-state index < -0.39 is 11.4 Å². The molecule has 4 aromatic rings. The third-order valence-corrected chi connectivity index (χ3v) is 6.97. The Morgan fingerprint density at radius 2 is 1.93 bits per heavy atom. The van der Waals surface area contributed by atoms with Crippen molar-refractivity contribution in [3.8, 4) is 23.4 Å². The number of rotatable bonds is 9. The predicted molar refractivity (Wildman–Crippen MR) is 154 cm³/mol. The van der Waals surface area contributed by atoms with Crippen molar-refractivity contribution < 1.29 is 23.5 Å². The molecule has 1 aliphatic rings. The first-order valence-corrected chi connectivity index (χ1v) is 13.8. The van der Waals surface area contributed by atoms with Gasteiger partial charge >= 0.3 is 5.97 Å². The number of hydrogen-bond acceptors (Lipinski definition) is 8. The SMILES string of the molecule is CCCCOCN1C(=O)C(C)(C)c2c(C#CC(=O)OCC)nc(-c3nn(Cc4ccccc4F)c4ncccc34)nc21. The van der Waals surface area contributed by atoms with E-state index in [0.717, 1.165) is 12.8 Å². The summed E-state index contributed by atoms with van der Waals surface area (Å²) in [5.74, 6) is 4.51. The van der Waals surface area contributed by atoms with Gasteiger partial charge in [-0.25, -0.2) is 28.8 Å². The van der Waals surface area contributed by atoms with Gasteiger partial charge in [0.2, 0.25) is 5.91 Å². The fraction of sp³-hybridized carbons (Fsp3) is 0.355. The van der Waals surface area contributed by atoms with Crippen LogP contribution in [0.25, 0.3) is 22.6 Å². The van der Waals surface area contributed by atoms with Crippen molar-refractivity contribution >= 4 is 28.7 Å². The zero-order valence-electron chi connectivity index (χ0n) is 24.0. The highest BCUT2D eigenvalue weighted by atomic mass is 19.1. The third kappa shape index (κ3) is 5.45. The van der Waals surface area contributed by atoms with Crippen molar-refractivity contribution in [1.82, 2.24) is 24.7 Å². The van der Waals surface area contributed by atoms with Gasteiger partial charge in [-0.3, -0.25) is 9.69 Å². The Labute approximate surface area is 242 Å². The molecule has 0 saturated carbocycles. The molecule has 0 N–H and O–H groups in total. The summed E-state index contributed by atoms with van der Waals surface area (Å²) in [5.41, 5.74) is 0.987. The average molecular weight is 571 g/mol. The number of esters is 1. The lowest BCUT2D eigenvalue weighted by Crippen LogP contribution is -2.38. The first-order chi connectivity index (χ1) is 20.3. The van der Waals surface area contributed by atoms with Gasteiger partial charge in [0.25, 0.3) is 0 Å². The lowest BCUT2D eigenvalue weighted by atomic mass is 9.85. The number of unbranched alkanes of at least 4 members (excludes halogenated alkanes) is 1. The minimum absolute atomic E-state index is 0.000485. The van der Waals surface area contributed by atoms with Gasteiger partial charge in [0.05, 0.1) is 24.0 Å². The quantitative estimate of drug-likeness (QED) is 0.166. The van der Waals surface area contributed by atoms with E-state index in [-0.39, 0.29) is 43.1 Å². The number of carbonyl (C=O) groups excluding carboxylic acids is 2. The molecule has 216 valence electrons. The molecule has 1 aromatic carbocycles. The molecular weight excluding hydrogens is 539 g/mol. The van der Waals surface area contributed by atoms with Gasteiger partial charge in [-0.15, -0.1) is 0 Å². The van der Waals surface area contributed by atoms with E-state index in [1.165, 1.54) is 11.0 Å². The van der Waals surface area contributed by atoms with Gasteiger partial charge < -0.3 is 9.47 Å². The van der Waals surface area contributed by atoms with Crippen LogP contribution in [0.4, 0.5) is 10.2 Å². The predicted octanol–water partition coefficient (Wildman–Crippen LogP) is 4.39. The Morgan fingerprint density at radius 3 is 2.69 bits per heavy atom. The first kappa shape index (κ1) is 28.8. The van der Waals surface area contributed by atoms with Crippen LogP contribution in [0.3, 0.4) is 0 Å². The first-order valence-electron chi connectivity index (χ1n) is 13.8. The Kier molecular flexibility index (Phi) is 8.27. The molecule has 0 aliphatic carbocycles. The monoisotopic (exact) mass is 570 g/mol.